The van der Waals surface area contributed by atoms with Crippen molar-refractivity contribution < 1.29 is 9.53 Å². The summed E-state index contributed by atoms with van der Waals surface area (Å²) in [4.78, 5) is 27.3. The number of nitrogens with one attached hydrogen (secondary N) is 2. The van der Waals surface area contributed by atoms with E-state index in [2.05, 4.69) is 24.1 Å². The average molecular weight is 364 g/mol. The zero-order valence-electron chi connectivity index (χ0n) is 16.0. The van der Waals surface area contributed by atoms with Crippen LogP contribution in [0.2, 0.25) is 0 Å². The summed E-state index contributed by atoms with van der Waals surface area (Å²) in [6.07, 6.45) is 0.0835. The van der Waals surface area contributed by atoms with Gasteiger partial charge in [-0.2, -0.15) is 0 Å². The number of aromatic amines is 1. The lowest BCUT2D eigenvalue weighted by molar-refractivity contribution is 0.102. The number of benzene rings is 2. The molecule has 5 heteroatoms. The molecular weight excluding hydrogens is 340 g/mol. The quantitative estimate of drug-likeness (QED) is 0.690. The van der Waals surface area contributed by atoms with Gasteiger partial charge in [-0.3, -0.25) is 9.59 Å². The van der Waals surface area contributed by atoms with E-state index in [-0.39, 0.29) is 23.5 Å². The number of hydrogen-bond donors (Lipinski definition) is 2. The molecule has 0 aliphatic rings. The van der Waals surface area contributed by atoms with Crippen molar-refractivity contribution in [1.82, 2.24) is 4.98 Å². The Labute approximate surface area is 158 Å². The Kier molecular flexibility index (Phi) is 5.31. The fourth-order valence-electron chi connectivity index (χ4n) is 3.00. The average Bonchev–Trinajstić information content (AvgIpc) is 2.60. The van der Waals surface area contributed by atoms with E-state index in [4.69, 9.17) is 4.74 Å². The number of aromatic nitrogens is 1. The lowest BCUT2D eigenvalue weighted by Crippen LogP contribution is -2.13. The number of fused-ring (bicyclic) bond motifs is 1. The summed E-state index contributed by atoms with van der Waals surface area (Å²) >= 11 is 0. The highest BCUT2D eigenvalue weighted by Gasteiger charge is 2.10. The lowest BCUT2D eigenvalue weighted by atomic mass is 9.99. The van der Waals surface area contributed by atoms with Gasteiger partial charge in [-0.25, -0.2) is 0 Å². The normalized spacial score (nSPS) is 11.2. The van der Waals surface area contributed by atoms with E-state index >= 15 is 0 Å². The van der Waals surface area contributed by atoms with Crippen LogP contribution in [0.15, 0.2) is 53.3 Å². The van der Waals surface area contributed by atoms with Crippen molar-refractivity contribution in [1.29, 1.82) is 0 Å². The largest absolute Gasteiger partial charge is 0.491 e. The molecule has 5 nitrogen and oxygen atoms in total. The van der Waals surface area contributed by atoms with E-state index in [1.807, 2.05) is 26.0 Å². The number of pyridine rings is 1. The van der Waals surface area contributed by atoms with E-state index in [1.54, 1.807) is 36.4 Å². The van der Waals surface area contributed by atoms with Crippen LogP contribution < -0.4 is 15.6 Å². The van der Waals surface area contributed by atoms with Gasteiger partial charge >= 0.3 is 0 Å². The first kappa shape index (κ1) is 18.7. The Bertz CT molecular complexity index is 1020. The first-order valence-electron chi connectivity index (χ1n) is 9.08. The van der Waals surface area contributed by atoms with E-state index < -0.39 is 0 Å². The smallest absolute Gasteiger partial charge is 0.255 e. The molecule has 0 radical (unpaired) electrons. The number of carbonyl (C=O) groups excluding carboxylic acids is 1. The highest BCUT2D eigenvalue weighted by molar-refractivity contribution is 6.05. The Morgan fingerprint density at radius 3 is 2.33 bits per heavy atom. The van der Waals surface area contributed by atoms with E-state index in [1.165, 1.54) is 0 Å². The van der Waals surface area contributed by atoms with Gasteiger partial charge in [0.05, 0.1) is 11.6 Å². The lowest BCUT2D eigenvalue weighted by Gasteiger charge is -2.12. The predicted molar refractivity (Wildman–Crippen MR) is 109 cm³/mol. The Balaban J connectivity index is 1.84. The minimum Gasteiger partial charge on any atom is -0.491 e. The van der Waals surface area contributed by atoms with Crippen LogP contribution in [-0.2, 0) is 0 Å². The Morgan fingerprint density at radius 2 is 1.70 bits per heavy atom. The van der Waals surface area contributed by atoms with Crippen molar-refractivity contribution in [2.45, 2.75) is 39.7 Å². The molecule has 2 aromatic carbocycles. The van der Waals surface area contributed by atoms with Crippen LogP contribution in [0.3, 0.4) is 0 Å². The molecule has 1 heterocycles. The van der Waals surface area contributed by atoms with Gasteiger partial charge < -0.3 is 15.0 Å². The molecule has 2 N–H and O–H groups in total. The minimum atomic E-state index is -0.215. The van der Waals surface area contributed by atoms with Gasteiger partial charge in [-0.15, -0.1) is 0 Å². The monoisotopic (exact) mass is 364 g/mol. The maximum atomic E-state index is 12.5. The van der Waals surface area contributed by atoms with Gasteiger partial charge in [0.15, 0.2) is 0 Å². The van der Waals surface area contributed by atoms with Gasteiger partial charge in [0.2, 0.25) is 5.56 Å². The molecule has 0 unspecified atom stereocenters. The summed E-state index contributed by atoms with van der Waals surface area (Å²) < 4.78 is 5.59. The molecule has 0 aliphatic heterocycles. The van der Waals surface area contributed by atoms with Crippen LogP contribution in [0.5, 0.6) is 5.75 Å². The zero-order chi connectivity index (χ0) is 19.6. The van der Waals surface area contributed by atoms with Crippen molar-refractivity contribution in [3.8, 4) is 5.75 Å². The van der Waals surface area contributed by atoms with Gasteiger partial charge in [-0.1, -0.05) is 19.9 Å². The van der Waals surface area contributed by atoms with Crippen molar-refractivity contribution in [2.75, 3.05) is 5.32 Å². The third kappa shape index (κ3) is 4.37. The topological polar surface area (TPSA) is 71.2 Å². The molecule has 3 aromatic rings. The second kappa shape index (κ2) is 7.66. The first-order valence-corrected chi connectivity index (χ1v) is 9.08. The first-order chi connectivity index (χ1) is 12.8. The standard InChI is InChI=1S/C22H24N2O3/c1-13(2)19-12-21(25)24-20-11-16(7-10-18(19)20)23-22(26)15-5-8-17(9-6-15)27-14(3)4/h5-14H,1-4H3,(H,23,26)(H,24,25). The minimum absolute atomic E-state index is 0.0835. The predicted octanol–water partition coefficient (Wildman–Crippen LogP) is 4.69. The molecule has 27 heavy (non-hydrogen) atoms. The summed E-state index contributed by atoms with van der Waals surface area (Å²) in [6, 6.07) is 14.2. The zero-order valence-corrected chi connectivity index (χ0v) is 16.0. The summed E-state index contributed by atoms with van der Waals surface area (Å²) in [5.41, 5.74) is 2.73. The van der Waals surface area contributed by atoms with Gasteiger partial charge in [-0.05, 0) is 61.7 Å². The SMILES string of the molecule is CC(C)Oc1ccc(C(=O)Nc2ccc3c(C(C)C)cc(=O)[nH]c3c2)cc1. The molecule has 0 bridgehead atoms. The van der Waals surface area contributed by atoms with Crippen LogP contribution in [0.1, 0.15) is 49.5 Å². The molecule has 0 saturated carbocycles. The van der Waals surface area contributed by atoms with Crippen molar-refractivity contribution in [3.05, 3.63) is 70.0 Å². The highest BCUT2D eigenvalue weighted by atomic mass is 16.5. The number of ether oxygens (including phenoxy) is 1. The third-order valence-corrected chi connectivity index (χ3v) is 4.24. The van der Waals surface area contributed by atoms with Crippen molar-refractivity contribution in [2.24, 2.45) is 0 Å². The molecular formula is C22H24N2O3. The summed E-state index contributed by atoms with van der Waals surface area (Å²) in [5.74, 6) is 0.751. The maximum absolute atomic E-state index is 12.5. The number of carbonyl (C=O) groups is 1. The van der Waals surface area contributed by atoms with Crippen molar-refractivity contribution in [3.63, 3.8) is 0 Å². The number of H-pyrrole nitrogens is 1. The number of amides is 1. The fraction of sp³-hybridized carbons (Fsp3) is 0.273. The molecule has 140 valence electrons. The maximum Gasteiger partial charge on any atom is 0.255 e. The molecule has 1 aromatic heterocycles. The molecule has 0 saturated heterocycles. The van der Waals surface area contributed by atoms with Gasteiger partial charge in [0.1, 0.15) is 5.75 Å². The summed E-state index contributed by atoms with van der Waals surface area (Å²) in [7, 11) is 0. The summed E-state index contributed by atoms with van der Waals surface area (Å²) in [5, 5.41) is 3.86. The number of hydrogen-bond acceptors (Lipinski definition) is 3. The fourth-order valence-corrected chi connectivity index (χ4v) is 3.00. The van der Waals surface area contributed by atoms with Crippen LogP contribution in [0.25, 0.3) is 10.9 Å². The highest BCUT2D eigenvalue weighted by Crippen LogP contribution is 2.25. The number of rotatable bonds is 5. The van der Waals surface area contributed by atoms with Gasteiger partial charge in [0, 0.05) is 22.7 Å². The molecule has 1 amide bonds. The van der Waals surface area contributed by atoms with Crippen LogP contribution in [0, 0.1) is 0 Å². The molecule has 0 spiro atoms. The van der Waals surface area contributed by atoms with Crippen molar-refractivity contribution >= 4 is 22.5 Å². The van der Waals surface area contributed by atoms with E-state index in [9.17, 15) is 9.59 Å². The van der Waals surface area contributed by atoms with Crippen LogP contribution in [-0.4, -0.2) is 17.0 Å². The molecule has 0 atom stereocenters. The third-order valence-electron chi connectivity index (χ3n) is 4.24. The molecule has 0 aliphatic carbocycles. The Hall–Kier alpha value is -3.08. The Morgan fingerprint density at radius 1 is 1.00 bits per heavy atom. The van der Waals surface area contributed by atoms with Crippen LogP contribution in [0.4, 0.5) is 5.69 Å². The second-order valence-corrected chi connectivity index (χ2v) is 7.15. The number of anilines is 1. The second-order valence-electron chi connectivity index (χ2n) is 7.15. The molecule has 0 fully saturated rings. The van der Waals surface area contributed by atoms with Gasteiger partial charge in [0.25, 0.3) is 5.91 Å². The van der Waals surface area contributed by atoms with Crippen LogP contribution >= 0.6 is 0 Å². The molecule has 3 rings (SSSR count). The summed E-state index contributed by atoms with van der Waals surface area (Å²) in [6.45, 7) is 8.01. The van der Waals surface area contributed by atoms with E-state index in [0.29, 0.717) is 16.8 Å². The van der Waals surface area contributed by atoms with E-state index in [0.717, 1.165) is 16.7 Å².